The minimum absolute atomic E-state index is 0.0254. The Morgan fingerprint density at radius 2 is 1.66 bits per heavy atom. The molecule has 29 heavy (non-hydrogen) atoms. The van der Waals surface area contributed by atoms with E-state index in [2.05, 4.69) is 33.4 Å². The molecule has 4 nitrogen and oxygen atoms in total. The summed E-state index contributed by atoms with van der Waals surface area (Å²) >= 11 is 3.48. The third-order valence-corrected chi connectivity index (χ3v) is 6.28. The van der Waals surface area contributed by atoms with Crippen molar-refractivity contribution in [3.8, 4) is 0 Å². The van der Waals surface area contributed by atoms with Crippen molar-refractivity contribution in [3.63, 3.8) is 0 Å². The Hall–Kier alpha value is -2.66. The molecule has 1 amide bonds. The van der Waals surface area contributed by atoms with Gasteiger partial charge in [0.15, 0.2) is 0 Å². The van der Waals surface area contributed by atoms with Gasteiger partial charge in [-0.15, -0.1) is 0 Å². The highest BCUT2D eigenvalue weighted by atomic mass is 79.9. The van der Waals surface area contributed by atoms with Gasteiger partial charge in [0.2, 0.25) is 5.91 Å². The molecular weight excluding hydrogens is 428 g/mol. The van der Waals surface area contributed by atoms with Crippen LogP contribution in [-0.2, 0) is 16.8 Å². The van der Waals surface area contributed by atoms with E-state index in [9.17, 15) is 9.59 Å². The third-order valence-electron chi connectivity index (χ3n) is 5.75. The van der Waals surface area contributed by atoms with Crippen LogP contribution in [0.3, 0.4) is 0 Å². The van der Waals surface area contributed by atoms with Crippen LogP contribution < -0.4 is 10.9 Å². The molecular formula is C24H23BrN2O2. The normalized spacial score (nSPS) is 15.2. The molecule has 1 aliphatic carbocycles. The molecule has 1 fully saturated rings. The Balaban J connectivity index is 1.50. The number of anilines is 1. The maximum absolute atomic E-state index is 13.3. The molecule has 0 radical (unpaired) electrons. The minimum Gasteiger partial charge on any atom is -0.325 e. The maximum atomic E-state index is 13.3. The fourth-order valence-corrected chi connectivity index (χ4v) is 4.39. The number of amides is 1. The van der Waals surface area contributed by atoms with Gasteiger partial charge < -0.3 is 9.88 Å². The van der Waals surface area contributed by atoms with Crippen molar-refractivity contribution in [2.45, 2.75) is 37.6 Å². The summed E-state index contributed by atoms with van der Waals surface area (Å²) in [4.78, 5) is 25.2. The molecule has 148 valence electrons. The Bertz CT molecular complexity index is 1050. The van der Waals surface area contributed by atoms with Crippen LogP contribution in [0.4, 0.5) is 5.69 Å². The third kappa shape index (κ3) is 4.20. The molecule has 5 heteroatoms. The lowest BCUT2D eigenvalue weighted by atomic mass is 9.78. The molecule has 1 aromatic heterocycles. The first-order valence-electron chi connectivity index (χ1n) is 9.89. The summed E-state index contributed by atoms with van der Waals surface area (Å²) in [6.07, 6.45) is 5.65. The van der Waals surface area contributed by atoms with E-state index in [0.29, 0.717) is 6.54 Å². The Kier molecular flexibility index (Phi) is 5.67. The predicted molar refractivity (Wildman–Crippen MR) is 119 cm³/mol. The Labute approximate surface area is 178 Å². The highest BCUT2D eigenvalue weighted by Crippen LogP contribution is 2.42. The number of hydrogen-bond donors (Lipinski definition) is 1. The number of halogens is 1. The zero-order valence-electron chi connectivity index (χ0n) is 16.1. The second-order valence-corrected chi connectivity index (χ2v) is 8.53. The summed E-state index contributed by atoms with van der Waals surface area (Å²) < 4.78 is 2.68. The summed E-state index contributed by atoms with van der Waals surface area (Å²) in [6, 6.07) is 21.0. The van der Waals surface area contributed by atoms with E-state index in [1.54, 1.807) is 22.9 Å². The minimum atomic E-state index is -0.462. The highest BCUT2D eigenvalue weighted by Gasteiger charge is 2.42. The summed E-state index contributed by atoms with van der Waals surface area (Å²) in [5.41, 5.74) is 2.39. The molecule has 0 saturated heterocycles. The van der Waals surface area contributed by atoms with E-state index in [1.807, 2.05) is 42.5 Å². The van der Waals surface area contributed by atoms with E-state index in [1.165, 1.54) is 0 Å². The van der Waals surface area contributed by atoms with Crippen molar-refractivity contribution in [2.75, 3.05) is 5.32 Å². The fraction of sp³-hybridized carbons (Fsp3) is 0.250. The lowest BCUT2D eigenvalue weighted by Gasteiger charge is -2.28. The van der Waals surface area contributed by atoms with Crippen LogP contribution in [0.25, 0.3) is 0 Å². The zero-order valence-corrected chi connectivity index (χ0v) is 17.7. The molecule has 0 atom stereocenters. The van der Waals surface area contributed by atoms with Gasteiger partial charge in [-0.1, -0.05) is 59.1 Å². The van der Waals surface area contributed by atoms with Gasteiger partial charge >= 0.3 is 0 Å². The van der Waals surface area contributed by atoms with Crippen molar-refractivity contribution in [1.82, 2.24) is 4.57 Å². The molecule has 4 rings (SSSR count). The number of nitrogens with one attached hydrogen (secondary N) is 1. The van der Waals surface area contributed by atoms with Crippen molar-refractivity contribution in [2.24, 2.45) is 0 Å². The average Bonchev–Trinajstić information content (AvgIpc) is 3.23. The van der Waals surface area contributed by atoms with E-state index in [0.717, 1.165) is 47.0 Å². The molecule has 0 unspecified atom stereocenters. The number of hydrogen-bond acceptors (Lipinski definition) is 2. The van der Waals surface area contributed by atoms with E-state index in [4.69, 9.17) is 0 Å². The molecule has 0 aliphatic heterocycles. The first-order chi connectivity index (χ1) is 14.1. The van der Waals surface area contributed by atoms with Crippen molar-refractivity contribution in [3.05, 3.63) is 98.9 Å². The van der Waals surface area contributed by atoms with Gasteiger partial charge in [-0.3, -0.25) is 9.59 Å². The number of nitrogens with zero attached hydrogens (tertiary/aromatic N) is 1. The fourth-order valence-electron chi connectivity index (χ4n) is 4.13. The molecule has 1 saturated carbocycles. The number of carbonyl (C=O) groups is 1. The second-order valence-electron chi connectivity index (χ2n) is 7.61. The number of pyridine rings is 1. The van der Waals surface area contributed by atoms with Crippen LogP contribution >= 0.6 is 15.9 Å². The Morgan fingerprint density at radius 3 is 2.31 bits per heavy atom. The Morgan fingerprint density at radius 1 is 0.966 bits per heavy atom. The van der Waals surface area contributed by atoms with E-state index in [-0.39, 0.29) is 11.5 Å². The summed E-state index contributed by atoms with van der Waals surface area (Å²) in [7, 11) is 0. The van der Waals surface area contributed by atoms with Crippen LogP contribution in [-0.4, -0.2) is 10.5 Å². The summed E-state index contributed by atoms with van der Waals surface area (Å²) in [6.45, 7) is 0.511. The van der Waals surface area contributed by atoms with Crippen LogP contribution in [0.1, 0.15) is 36.8 Å². The summed E-state index contributed by atoms with van der Waals surface area (Å²) in [5, 5.41) is 3.12. The van der Waals surface area contributed by atoms with Gasteiger partial charge in [0.05, 0.1) is 12.0 Å². The monoisotopic (exact) mass is 450 g/mol. The molecule has 1 heterocycles. The lowest BCUT2D eigenvalue weighted by Crippen LogP contribution is -2.37. The number of aromatic nitrogens is 1. The van der Waals surface area contributed by atoms with Gasteiger partial charge in [0.25, 0.3) is 5.56 Å². The quantitative estimate of drug-likeness (QED) is 0.586. The van der Waals surface area contributed by atoms with Crippen LogP contribution in [0, 0.1) is 0 Å². The standard InChI is InChI=1S/C24H23BrN2O2/c25-20-10-8-19(9-11-20)24(14-2-3-15-24)23(29)26-21-12-6-18(7-13-21)17-27-16-4-1-5-22(27)28/h1,4-13,16H,2-3,14-15,17H2,(H,26,29). The first-order valence-corrected chi connectivity index (χ1v) is 10.7. The zero-order chi connectivity index (χ0) is 20.3. The molecule has 3 aromatic rings. The van der Waals surface area contributed by atoms with E-state index >= 15 is 0 Å². The van der Waals surface area contributed by atoms with Crippen LogP contribution in [0.15, 0.2) is 82.2 Å². The number of carbonyl (C=O) groups excluding carboxylic acids is 1. The van der Waals surface area contributed by atoms with Gasteiger partial charge in [-0.2, -0.15) is 0 Å². The van der Waals surface area contributed by atoms with Crippen LogP contribution in [0.2, 0.25) is 0 Å². The smallest absolute Gasteiger partial charge is 0.250 e. The van der Waals surface area contributed by atoms with Gasteiger partial charge in [0.1, 0.15) is 0 Å². The number of rotatable bonds is 5. The SMILES string of the molecule is O=C(Nc1ccc(Cn2ccccc2=O)cc1)C1(c2ccc(Br)cc2)CCCC1. The lowest BCUT2D eigenvalue weighted by molar-refractivity contribution is -0.121. The maximum Gasteiger partial charge on any atom is 0.250 e. The largest absolute Gasteiger partial charge is 0.325 e. The molecule has 0 spiro atoms. The highest BCUT2D eigenvalue weighted by molar-refractivity contribution is 9.10. The van der Waals surface area contributed by atoms with E-state index < -0.39 is 5.41 Å². The first kappa shape index (κ1) is 19.6. The number of benzene rings is 2. The predicted octanol–water partition coefficient (Wildman–Crippen LogP) is 5.11. The van der Waals surface area contributed by atoms with Crippen molar-refractivity contribution in [1.29, 1.82) is 0 Å². The molecule has 1 aliphatic rings. The van der Waals surface area contributed by atoms with Gasteiger partial charge in [-0.05, 0) is 54.3 Å². The summed E-state index contributed by atoms with van der Waals surface area (Å²) in [5.74, 6) is 0.0596. The average molecular weight is 451 g/mol. The van der Waals surface area contributed by atoms with Crippen molar-refractivity contribution >= 4 is 27.5 Å². The van der Waals surface area contributed by atoms with Gasteiger partial charge in [-0.25, -0.2) is 0 Å². The second kappa shape index (κ2) is 8.37. The molecule has 1 N–H and O–H groups in total. The molecule has 2 aromatic carbocycles. The molecule has 0 bridgehead atoms. The van der Waals surface area contributed by atoms with Gasteiger partial charge in [0, 0.05) is 22.4 Å². The topological polar surface area (TPSA) is 51.1 Å². The van der Waals surface area contributed by atoms with Crippen molar-refractivity contribution < 1.29 is 4.79 Å². The van der Waals surface area contributed by atoms with Crippen LogP contribution in [0.5, 0.6) is 0 Å².